The van der Waals surface area contributed by atoms with E-state index >= 15 is 0 Å². The minimum atomic E-state index is -0.129. The van der Waals surface area contributed by atoms with Gasteiger partial charge in [0.2, 0.25) is 5.78 Å². The van der Waals surface area contributed by atoms with E-state index in [2.05, 4.69) is 6.58 Å². The van der Waals surface area contributed by atoms with E-state index in [0.29, 0.717) is 36.0 Å². The molecule has 1 heterocycles. The van der Waals surface area contributed by atoms with Crippen LogP contribution >= 0.6 is 0 Å². The fourth-order valence-electron chi connectivity index (χ4n) is 2.44. The van der Waals surface area contributed by atoms with Crippen molar-refractivity contribution in [3.8, 4) is 17.2 Å². The SMILES string of the molecule is C=C(C)COc1ccc2c(c1)O/C(=C\c1ccc(OCC)cc1)C2=O. The number of carbonyl (C=O) groups is 1. The van der Waals surface area contributed by atoms with Gasteiger partial charge >= 0.3 is 0 Å². The first kappa shape index (κ1) is 16.8. The van der Waals surface area contributed by atoms with E-state index in [-0.39, 0.29) is 5.78 Å². The lowest BCUT2D eigenvalue weighted by Gasteiger charge is -2.06. The Balaban J connectivity index is 1.78. The van der Waals surface area contributed by atoms with Crippen LogP contribution in [-0.2, 0) is 0 Å². The number of ketones is 1. The lowest BCUT2D eigenvalue weighted by molar-refractivity contribution is 0.101. The number of ether oxygens (including phenoxy) is 3. The summed E-state index contributed by atoms with van der Waals surface area (Å²) in [4.78, 5) is 12.5. The molecular formula is C21H20O4. The number of hydrogen-bond acceptors (Lipinski definition) is 4. The van der Waals surface area contributed by atoms with Crippen molar-refractivity contribution >= 4 is 11.9 Å². The zero-order valence-corrected chi connectivity index (χ0v) is 14.4. The van der Waals surface area contributed by atoms with Crippen LogP contribution in [0.25, 0.3) is 6.08 Å². The van der Waals surface area contributed by atoms with Crippen LogP contribution in [0, 0.1) is 0 Å². The zero-order chi connectivity index (χ0) is 17.8. The van der Waals surface area contributed by atoms with Crippen LogP contribution in [0.4, 0.5) is 0 Å². The van der Waals surface area contributed by atoms with E-state index < -0.39 is 0 Å². The fraction of sp³-hybridized carbons (Fsp3) is 0.190. The molecule has 0 spiro atoms. The summed E-state index contributed by atoms with van der Waals surface area (Å²) in [5.41, 5.74) is 2.34. The minimum absolute atomic E-state index is 0.129. The van der Waals surface area contributed by atoms with Crippen molar-refractivity contribution < 1.29 is 19.0 Å². The Morgan fingerprint density at radius 2 is 1.84 bits per heavy atom. The fourth-order valence-corrected chi connectivity index (χ4v) is 2.44. The molecule has 0 aromatic heterocycles. The van der Waals surface area contributed by atoms with Gasteiger partial charge in [-0.1, -0.05) is 18.7 Å². The number of benzene rings is 2. The van der Waals surface area contributed by atoms with Gasteiger partial charge < -0.3 is 14.2 Å². The van der Waals surface area contributed by atoms with Gasteiger partial charge in [-0.15, -0.1) is 0 Å². The van der Waals surface area contributed by atoms with Crippen molar-refractivity contribution in [3.63, 3.8) is 0 Å². The average Bonchev–Trinajstić information content (AvgIpc) is 2.90. The van der Waals surface area contributed by atoms with Crippen LogP contribution in [0.1, 0.15) is 29.8 Å². The monoisotopic (exact) mass is 336 g/mol. The Hall–Kier alpha value is -3.01. The van der Waals surface area contributed by atoms with Crippen LogP contribution in [0.15, 0.2) is 60.4 Å². The van der Waals surface area contributed by atoms with Gasteiger partial charge in [0.1, 0.15) is 23.9 Å². The first-order chi connectivity index (χ1) is 12.1. The molecular weight excluding hydrogens is 316 g/mol. The lowest BCUT2D eigenvalue weighted by Crippen LogP contribution is -1.98. The van der Waals surface area contributed by atoms with Crippen LogP contribution in [0.5, 0.6) is 17.2 Å². The third-order valence-corrected chi connectivity index (χ3v) is 3.62. The van der Waals surface area contributed by atoms with E-state index in [1.54, 1.807) is 24.3 Å². The molecule has 4 nitrogen and oxygen atoms in total. The molecule has 128 valence electrons. The maximum absolute atomic E-state index is 12.5. The molecule has 0 amide bonds. The summed E-state index contributed by atoms with van der Waals surface area (Å²) in [6.07, 6.45) is 1.73. The number of fused-ring (bicyclic) bond motifs is 1. The molecule has 2 aromatic carbocycles. The highest BCUT2D eigenvalue weighted by Gasteiger charge is 2.27. The Kier molecular flexibility index (Phi) is 4.89. The van der Waals surface area contributed by atoms with Gasteiger partial charge in [-0.3, -0.25) is 4.79 Å². The van der Waals surface area contributed by atoms with E-state index in [1.165, 1.54) is 0 Å². The molecule has 25 heavy (non-hydrogen) atoms. The second-order valence-electron chi connectivity index (χ2n) is 5.85. The number of allylic oxidation sites excluding steroid dienone is 1. The van der Waals surface area contributed by atoms with E-state index in [1.807, 2.05) is 38.1 Å². The summed E-state index contributed by atoms with van der Waals surface area (Å²) < 4.78 is 16.7. The topological polar surface area (TPSA) is 44.8 Å². The van der Waals surface area contributed by atoms with Gasteiger partial charge in [0, 0.05) is 6.07 Å². The predicted molar refractivity (Wildman–Crippen MR) is 97.3 cm³/mol. The van der Waals surface area contributed by atoms with Crippen molar-refractivity contribution in [2.75, 3.05) is 13.2 Å². The number of Topliss-reactive ketones (excluding diaryl/α,β-unsaturated/α-hetero) is 1. The number of carbonyl (C=O) groups excluding carboxylic acids is 1. The molecule has 0 N–H and O–H groups in total. The molecule has 2 aromatic rings. The van der Waals surface area contributed by atoms with Crippen molar-refractivity contribution in [2.45, 2.75) is 13.8 Å². The summed E-state index contributed by atoms with van der Waals surface area (Å²) in [5.74, 6) is 2.13. The van der Waals surface area contributed by atoms with Crippen LogP contribution < -0.4 is 14.2 Å². The molecule has 0 saturated heterocycles. The second kappa shape index (κ2) is 7.26. The molecule has 3 rings (SSSR count). The molecule has 1 aliphatic heterocycles. The van der Waals surface area contributed by atoms with Crippen molar-refractivity contribution in [1.29, 1.82) is 0 Å². The summed E-state index contributed by atoms with van der Waals surface area (Å²) in [7, 11) is 0. The van der Waals surface area contributed by atoms with E-state index in [0.717, 1.165) is 16.9 Å². The van der Waals surface area contributed by atoms with Gasteiger partial charge in [0.05, 0.1) is 12.2 Å². The van der Waals surface area contributed by atoms with Crippen LogP contribution in [0.2, 0.25) is 0 Å². The first-order valence-electron chi connectivity index (χ1n) is 8.15. The molecule has 0 fully saturated rings. The van der Waals surface area contributed by atoms with Gasteiger partial charge in [0.25, 0.3) is 0 Å². The summed E-state index contributed by atoms with van der Waals surface area (Å²) in [5, 5.41) is 0. The highest BCUT2D eigenvalue weighted by Crippen LogP contribution is 2.35. The first-order valence-corrected chi connectivity index (χ1v) is 8.15. The Labute approximate surface area is 147 Å². The summed E-state index contributed by atoms with van der Waals surface area (Å²) in [6, 6.07) is 12.7. The van der Waals surface area contributed by atoms with Gasteiger partial charge in [-0.2, -0.15) is 0 Å². The maximum Gasteiger partial charge on any atom is 0.231 e. The summed E-state index contributed by atoms with van der Waals surface area (Å²) >= 11 is 0. The zero-order valence-electron chi connectivity index (χ0n) is 14.4. The molecule has 1 aliphatic rings. The van der Waals surface area contributed by atoms with E-state index in [9.17, 15) is 4.79 Å². The molecule has 0 aliphatic carbocycles. The number of hydrogen-bond donors (Lipinski definition) is 0. The van der Waals surface area contributed by atoms with Crippen molar-refractivity contribution in [1.82, 2.24) is 0 Å². The molecule has 4 heteroatoms. The van der Waals surface area contributed by atoms with Gasteiger partial charge in [0.15, 0.2) is 5.76 Å². The van der Waals surface area contributed by atoms with Crippen molar-refractivity contribution in [3.05, 3.63) is 71.5 Å². The van der Waals surface area contributed by atoms with Crippen LogP contribution in [-0.4, -0.2) is 19.0 Å². The molecule has 0 atom stereocenters. The second-order valence-corrected chi connectivity index (χ2v) is 5.85. The predicted octanol–water partition coefficient (Wildman–Crippen LogP) is 4.66. The highest BCUT2D eigenvalue weighted by molar-refractivity contribution is 6.14. The standard InChI is InChI=1S/C21H20O4/c1-4-23-16-7-5-15(6-8-16)11-20-21(22)18-10-9-17(12-19(18)25-20)24-13-14(2)3/h5-12H,2,4,13H2,1,3H3/b20-11-. The molecule has 0 radical (unpaired) electrons. The third-order valence-electron chi connectivity index (χ3n) is 3.62. The van der Waals surface area contributed by atoms with Gasteiger partial charge in [-0.05, 0) is 55.3 Å². The maximum atomic E-state index is 12.5. The average molecular weight is 336 g/mol. The Bertz CT molecular complexity index is 831. The molecule has 0 saturated carbocycles. The molecule has 0 bridgehead atoms. The minimum Gasteiger partial charge on any atom is -0.494 e. The normalized spacial score (nSPS) is 14.2. The highest BCUT2D eigenvalue weighted by atomic mass is 16.5. The van der Waals surface area contributed by atoms with Crippen LogP contribution in [0.3, 0.4) is 0 Å². The number of rotatable bonds is 6. The Morgan fingerprint density at radius 1 is 1.12 bits per heavy atom. The lowest BCUT2D eigenvalue weighted by atomic mass is 10.1. The quantitative estimate of drug-likeness (QED) is 0.569. The summed E-state index contributed by atoms with van der Waals surface area (Å²) in [6.45, 7) is 8.68. The van der Waals surface area contributed by atoms with Gasteiger partial charge in [-0.25, -0.2) is 0 Å². The van der Waals surface area contributed by atoms with E-state index in [4.69, 9.17) is 14.2 Å². The smallest absolute Gasteiger partial charge is 0.231 e. The molecule has 0 unspecified atom stereocenters. The largest absolute Gasteiger partial charge is 0.494 e. The van der Waals surface area contributed by atoms with Crippen molar-refractivity contribution in [2.24, 2.45) is 0 Å². The third kappa shape index (κ3) is 3.91. The Morgan fingerprint density at radius 3 is 2.52 bits per heavy atom.